The molecule has 1 aromatic heterocycles. The van der Waals surface area contributed by atoms with E-state index in [9.17, 15) is 14.4 Å². The second-order valence-corrected chi connectivity index (χ2v) is 4.52. The average Bonchev–Trinajstić information content (AvgIpc) is 2.48. The fourth-order valence-corrected chi connectivity index (χ4v) is 2.07. The highest BCUT2D eigenvalue weighted by molar-refractivity contribution is 5.87. The lowest BCUT2D eigenvalue weighted by atomic mass is 10.1. The van der Waals surface area contributed by atoms with Gasteiger partial charge in [0.05, 0.1) is 12.8 Å². The van der Waals surface area contributed by atoms with Crippen molar-refractivity contribution in [3.8, 4) is 17.0 Å². The summed E-state index contributed by atoms with van der Waals surface area (Å²) < 4.78 is 6.10. The maximum atomic E-state index is 12.2. The molecule has 0 saturated heterocycles. The predicted octanol–water partition coefficient (Wildman–Crippen LogP) is 0.707. The smallest absolute Gasteiger partial charge is 0.341 e. The van der Waals surface area contributed by atoms with Crippen LogP contribution in [0.2, 0.25) is 0 Å². The van der Waals surface area contributed by atoms with E-state index in [-0.39, 0.29) is 0 Å². The number of nitrogens with zero attached hydrogens (tertiary/aromatic N) is 1. The fourth-order valence-electron chi connectivity index (χ4n) is 2.07. The van der Waals surface area contributed by atoms with Gasteiger partial charge in [0, 0.05) is 0 Å². The van der Waals surface area contributed by atoms with Crippen molar-refractivity contribution in [1.29, 1.82) is 0 Å². The quantitative estimate of drug-likeness (QED) is 0.844. The van der Waals surface area contributed by atoms with Crippen molar-refractivity contribution >= 4 is 11.9 Å². The van der Waals surface area contributed by atoms with E-state index >= 15 is 0 Å². The monoisotopic (exact) mass is 302 g/mol. The predicted molar refractivity (Wildman–Crippen MR) is 78.8 cm³/mol. The summed E-state index contributed by atoms with van der Waals surface area (Å²) in [6.07, 6.45) is 0. The molecule has 0 aliphatic heterocycles. The van der Waals surface area contributed by atoms with Gasteiger partial charge in [-0.15, -0.1) is 0 Å². The van der Waals surface area contributed by atoms with Crippen molar-refractivity contribution in [1.82, 2.24) is 4.57 Å². The molecule has 0 saturated carbocycles. The maximum absolute atomic E-state index is 12.2. The number of aromatic carboxylic acids is 1. The number of amides is 1. The van der Waals surface area contributed by atoms with E-state index in [1.165, 1.54) is 19.2 Å². The maximum Gasteiger partial charge on any atom is 0.341 e. The molecule has 1 amide bonds. The molecular weight excluding hydrogens is 288 g/mol. The zero-order chi connectivity index (χ0) is 16.3. The van der Waals surface area contributed by atoms with Crippen LogP contribution in [0.5, 0.6) is 5.75 Å². The molecule has 0 radical (unpaired) electrons. The van der Waals surface area contributed by atoms with Gasteiger partial charge in [-0.05, 0) is 42.0 Å². The van der Waals surface area contributed by atoms with E-state index in [0.29, 0.717) is 17.0 Å². The Morgan fingerprint density at radius 3 is 2.32 bits per heavy atom. The van der Waals surface area contributed by atoms with Gasteiger partial charge in [-0.3, -0.25) is 14.2 Å². The van der Waals surface area contributed by atoms with E-state index in [1.807, 2.05) is 0 Å². The highest BCUT2D eigenvalue weighted by Crippen LogP contribution is 2.21. The molecule has 3 N–H and O–H groups in total. The number of primary amides is 1. The molecule has 0 bridgehead atoms. The summed E-state index contributed by atoms with van der Waals surface area (Å²) in [4.78, 5) is 34.4. The van der Waals surface area contributed by atoms with Gasteiger partial charge in [0.25, 0.3) is 5.56 Å². The third-order valence-electron chi connectivity index (χ3n) is 3.10. The van der Waals surface area contributed by atoms with Gasteiger partial charge >= 0.3 is 5.97 Å². The summed E-state index contributed by atoms with van der Waals surface area (Å²) in [6, 6.07) is 9.47. The van der Waals surface area contributed by atoms with Gasteiger partial charge in [0.15, 0.2) is 0 Å². The molecule has 114 valence electrons. The first-order valence-corrected chi connectivity index (χ1v) is 6.34. The minimum absolute atomic E-state index is 0.399. The summed E-state index contributed by atoms with van der Waals surface area (Å²) in [7, 11) is 1.53. The minimum atomic E-state index is -1.36. The van der Waals surface area contributed by atoms with Crippen molar-refractivity contribution in [2.45, 2.75) is 6.54 Å². The molecule has 22 heavy (non-hydrogen) atoms. The van der Waals surface area contributed by atoms with Crippen LogP contribution in [-0.4, -0.2) is 28.7 Å². The molecule has 2 rings (SSSR count). The number of nitrogens with two attached hydrogens (primary N) is 1. The van der Waals surface area contributed by atoms with Gasteiger partial charge in [0.2, 0.25) is 5.91 Å². The van der Waals surface area contributed by atoms with Gasteiger partial charge in [-0.25, -0.2) is 4.79 Å². The van der Waals surface area contributed by atoms with Crippen LogP contribution in [0.3, 0.4) is 0 Å². The van der Waals surface area contributed by atoms with E-state index < -0.39 is 29.5 Å². The fraction of sp³-hybridized carbons (Fsp3) is 0.133. The Hall–Kier alpha value is -3.09. The van der Waals surface area contributed by atoms with Crippen LogP contribution >= 0.6 is 0 Å². The first-order valence-electron chi connectivity index (χ1n) is 6.34. The van der Waals surface area contributed by atoms with E-state index in [4.69, 9.17) is 15.6 Å². The van der Waals surface area contributed by atoms with Crippen molar-refractivity contribution in [2.75, 3.05) is 7.11 Å². The zero-order valence-corrected chi connectivity index (χ0v) is 11.8. The standard InChI is InChI=1S/C15H14N2O5/c1-22-10-4-2-9(3-5-10)12-7-6-11(15(20)21)14(19)17(12)8-13(16)18/h2-7H,8H2,1H3,(H2,16,18)(H,20,21). The lowest BCUT2D eigenvalue weighted by Crippen LogP contribution is -2.32. The second kappa shape index (κ2) is 6.13. The van der Waals surface area contributed by atoms with Crippen molar-refractivity contribution in [3.63, 3.8) is 0 Å². The Kier molecular flexibility index (Phi) is 4.26. The van der Waals surface area contributed by atoms with Gasteiger partial charge in [0.1, 0.15) is 17.9 Å². The normalized spacial score (nSPS) is 10.2. The number of benzene rings is 1. The lowest BCUT2D eigenvalue weighted by Gasteiger charge is -2.13. The number of pyridine rings is 1. The highest BCUT2D eigenvalue weighted by Gasteiger charge is 2.16. The SMILES string of the molecule is COc1ccc(-c2ccc(C(=O)O)c(=O)n2CC(N)=O)cc1. The number of ether oxygens (including phenoxy) is 1. The van der Waals surface area contributed by atoms with E-state index in [0.717, 1.165) is 4.57 Å². The largest absolute Gasteiger partial charge is 0.497 e. The lowest BCUT2D eigenvalue weighted by molar-refractivity contribution is -0.118. The Balaban J connectivity index is 2.63. The Labute approximate surface area is 125 Å². The highest BCUT2D eigenvalue weighted by atomic mass is 16.5. The Bertz CT molecular complexity index is 778. The molecule has 0 fully saturated rings. The molecule has 7 heteroatoms. The zero-order valence-electron chi connectivity index (χ0n) is 11.8. The van der Waals surface area contributed by atoms with Gasteiger partial charge < -0.3 is 15.6 Å². The van der Waals surface area contributed by atoms with E-state index in [2.05, 4.69) is 0 Å². The molecule has 0 unspecified atom stereocenters. The van der Waals surface area contributed by atoms with Crippen LogP contribution in [0, 0.1) is 0 Å². The number of carboxylic acids is 1. The number of hydrogen-bond acceptors (Lipinski definition) is 4. The van der Waals surface area contributed by atoms with Crippen LogP contribution in [0.25, 0.3) is 11.3 Å². The molecule has 0 aliphatic carbocycles. The molecule has 0 atom stereocenters. The molecule has 7 nitrogen and oxygen atoms in total. The average molecular weight is 302 g/mol. The van der Waals surface area contributed by atoms with E-state index in [1.54, 1.807) is 24.3 Å². The summed E-state index contributed by atoms with van der Waals surface area (Å²) in [5.41, 5.74) is 4.98. The summed E-state index contributed by atoms with van der Waals surface area (Å²) in [5.74, 6) is -1.46. The molecule has 1 heterocycles. The van der Waals surface area contributed by atoms with Gasteiger partial charge in [-0.2, -0.15) is 0 Å². The third-order valence-corrected chi connectivity index (χ3v) is 3.10. The summed E-state index contributed by atoms with van der Waals surface area (Å²) in [5, 5.41) is 9.01. The van der Waals surface area contributed by atoms with Crippen molar-refractivity contribution < 1.29 is 19.4 Å². The number of aromatic nitrogens is 1. The number of rotatable bonds is 5. The number of carbonyl (C=O) groups is 2. The van der Waals surface area contributed by atoms with Crippen LogP contribution in [0.15, 0.2) is 41.2 Å². The third kappa shape index (κ3) is 2.98. The van der Waals surface area contributed by atoms with Crippen LogP contribution in [0.4, 0.5) is 0 Å². The number of carbonyl (C=O) groups excluding carboxylic acids is 1. The molecular formula is C15H14N2O5. The number of carboxylic acid groups (broad SMARTS) is 1. The summed E-state index contributed by atoms with van der Waals surface area (Å²) in [6.45, 7) is -0.401. The minimum Gasteiger partial charge on any atom is -0.497 e. The van der Waals surface area contributed by atoms with Gasteiger partial charge in [-0.1, -0.05) is 0 Å². The molecule has 2 aromatic rings. The Morgan fingerprint density at radius 1 is 1.18 bits per heavy atom. The van der Waals surface area contributed by atoms with Crippen molar-refractivity contribution in [2.24, 2.45) is 5.73 Å². The molecule has 0 aliphatic rings. The van der Waals surface area contributed by atoms with Crippen LogP contribution in [-0.2, 0) is 11.3 Å². The molecule has 1 aromatic carbocycles. The first kappa shape index (κ1) is 15.3. The van der Waals surface area contributed by atoms with Crippen LogP contribution in [0.1, 0.15) is 10.4 Å². The first-order chi connectivity index (χ1) is 10.4. The summed E-state index contributed by atoms with van der Waals surface area (Å²) >= 11 is 0. The Morgan fingerprint density at radius 2 is 1.82 bits per heavy atom. The second-order valence-electron chi connectivity index (χ2n) is 4.52. The van der Waals surface area contributed by atoms with Crippen molar-refractivity contribution in [3.05, 3.63) is 52.3 Å². The topological polar surface area (TPSA) is 112 Å². The van der Waals surface area contributed by atoms with Crippen LogP contribution < -0.4 is 16.0 Å². The number of hydrogen-bond donors (Lipinski definition) is 2. The molecule has 0 spiro atoms. The number of methoxy groups -OCH3 is 1.